The fourth-order valence-electron chi connectivity index (χ4n) is 0.421. The second kappa shape index (κ2) is 3.07. The number of halogens is 1. The lowest BCUT2D eigenvalue weighted by Crippen LogP contribution is -1.81. The van der Waals surface area contributed by atoms with Crippen molar-refractivity contribution in [1.82, 2.24) is 10.2 Å². The van der Waals surface area contributed by atoms with Crippen LogP contribution >= 0.6 is 11.6 Å². The topological polar surface area (TPSA) is 76.5 Å². The monoisotopic (exact) mass is 157 g/mol. The summed E-state index contributed by atoms with van der Waals surface area (Å²) in [5, 5.41) is 13.8. The lowest BCUT2D eigenvalue weighted by molar-refractivity contribution is 0.965. The molecule has 0 aliphatic rings. The molecule has 1 aromatic heterocycles. The number of nitrogens with zero attached hydrogens (tertiary/aromatic N) is 4. The van der Waals surface area contributed by atoms with Crippen molar-refractivity contribution in [1.29, 1.82) is 0 Å². The second-order valence-corrected chi connectivity index (χ2v) is 1.82. The van der Waals surface area contributed by atoms with Gasteiger partial charge in [0.05, 0.1) is 0 Å². The summed E-state index contributed by atoms with van der Waals surface area (Å²) in [5.41, 5.74) is 0. The molecule has 0 aliphatic carbocycles. The second-order valence-electron chi connectivity index (χ2n) is 1.43. The van der Waals surface area contributed by atoms with Gasteiger partial charge in [-0.25, -0.2) is 0 Å². The Morgan fingerprint density at radius 3 is 2.70 bits per heavy atom. The average Bonchev–Trinajstić information content (AvgIpc) is 1.95. The molecule has 0 fully saturated rings. The summed E-state index contributed by atoms with van der Waals surface area (Å²) in [6, 6.07) is 3.12. The summed E-state index contributed by atoms with van der Waals surface area (Å²) in [4.78, 5) is 0. The molecule has 0 unspecified atom stereocenters. The van der Waals surface area contributed by atoms with E-state index in [1.807, 2.05) is 0 Å². The third kappa shape index (κ3) is 1.63. The number of hydrogen-bond acceptors (Lipinski definition) is 4. The maximum absolute atomic E-state index is 5.43. The molecule has 0 radical (unpaired) electrons. The van der Waals surface area contributed by atoms with Gasteiger partial charge in [-0.15, -0.1) is 15.3 Å². The number of nitrogens with two attached hydrogens (primary N) is 1. The van der Waals surface area contributed by atoms with Crippen molar-refractivity contribution in [3.63, 3.8) is 0 Å². The van der Waals surface area contributed by atoms with E-state index in [0.29, 0.717) is 11.0 Å². The zero-order valence-corrected chi connectivity index (χ0v) is 5.65. The van der Waals surface area contributed by atoms with Crippen molar-refractivity contribution in [3.8, 4) is 0 Å². The minimum Gasteiger partial charge on any atom is -0.305 e. The summed E-state index contributed by atoms with van der Waals surface area (Å²) >= 11 is 5.43. The molecule has 0 amide bonds. The van der Waals surface area contributed by atoms with Crippen LogP contribution in [0, 0.1) is 0 Å². The van der Waals surface area contributed by atoms with Gasteiger partial charge in [0.2, 0.25) is 0 Å². The van der Waals surface area contributed by atoms with E-state index >= 15 is 0 Å². The Morgan fingerprint density at radius 2 is 2.20 bits per heavy atom. The van der Waals surface area contributed by atoms with Crippen molar-refractivity contribution in [3.05, 3.63) is 17.3 Å². The molecule has 5 nitrogen and oxygen atoms in total. The van der Waals surface area contributed by atoms with E-state index in [0.717, 1.165) is 0 Å². The maximum Gasteiger partial charge on any atom is 0.198 e. The zero-order chi connectivity index (χ0) is 7.40. The van der Waals surface area contributed by atoms with Gasteiger partial charge in [-0.2, -0.15) is 0 Å². The predicted molar refractivity (Wildman–Crippen MR) is 35.7 cm³/mol. The van der Waals surface area contributed by atoms with E-state index in [1.54, 1.807) is 12.1 Å². The first kappa shape index (κ1) is 6.88. The van der Waals surface area contributed by atoms with E-state index < -0.39 is 0 Å². The summed E-state index contributed by atoms with van der Waals surface area (Å²) in [5.74, 6) is 5.10. The smallest absolute Gasteiger partial charge is 0.198 e. The van der Waals surface area contributed by atoms with E-state index in [1.165, 1.54) is 0 Å². The van der Waals surface area contributed by atoms with Crippen molar-refractivity contribution in [2.45, 2.75) is 0 Å². The lowest BCUT2D eigenvalue weighted by Gasteiger charge is -1.86. The van der Waals surface area contributed by atoms with Gasteiger partial charge in [0.25, 0.3) is 0 Å². The van der Waals surface area contributed by atoms with Gasteiger partial charge in [0.1, 0.15) is 0 Å². The first-order valence-corrected chi connectivity index (χ1v) is 2.81. The van der Waals surface area contributed by atoms with Crippen LogP contribution in [0.15, 0.2) is 22.5 Å². The number of hydrogen-bond donors (Lipinski definition) is 1. The van der Waals surface area contributed by atoms with Gasteiger partial charge in [0.15, 0.2) is 11.0 Å². The minimum absolute atomic E-state index is 0.316. The van der Waals surface area contributed by atoms with E-state index in [4.69, 9.17) is 17.4 Å². The van der Waals surface area contributed by atoms with Crippen LogP contribution in [0.4, 0.5) is 5.82 Å². The minimum atomic E-state index is 0.316. The molecule has 1 rings (SSSR count). The molecule has 0 aliphatic heterocycles. The first-order valence-electron chi connectivity index (χ1n) is 2.43. The molecule has 0 saturated heterocycles. The van der Waals surface area contributed by atoms with Crippen LogP contribution in [-0.4, -0.2) is 10.2 Å². The molecule has 6 heteroatoms. The molecule has 0 atom stereocenters. The highest BCUT2D eigenvalue weighted by Crippen LogP contribution is 2.08. The van der Waals surface area contributed by atoms with Crippen LogP contribution in [0.3, 0.4) is 0 Å². The first-order chi connectivity index (χ1) is 4.83. The fourth-order valence-corrected chi connectivity index (χ4v) is 0.522. The average molecular weight is 158 g/mol. The van der Waals surface area contributed by atoms with Gasteiger partial charge >= 0.3 is 0 Å². The summed E-state index contributed by atoms with van der Waals surface area (Å²) in [6.45, 7) is 0. The van der Waals surface area contributed by atoms with E-state index in [9.17, 15) is 0 Å². The molecule has 0 aromatic carbocycles. The molecule has 0 saturated carbocycles. The van der Waals surface area contributed by atoms with Crippen LogP contribution in [-0.2, 0) is 0 Å². The van der Waals surface area contributed by atoms with Crippen LogP contribution in [0.1, 0.15) is 0 Å². The highest BCUT2D eigenvalue weighted by Gasteiger charge is 1.90. The van der Waals surface area contributed by atoms with Crippen molar-refractivity contribution in [2.24, 2.45) is 16.2 Å². The van der Waals surface area contributed by atoms with Crippen LogP contribution in [0.25, 0.3) is 0 Å². The Bertz CT molecular complexity index is 230. The molecule has 52 valence electrons. The summed E-state index contributed by atoms with van der Waals surface area (Å²) in [7, 11) is 0. The Labute approximate surface area is 61.9 Å². The standard InChI is InChI=1S/C4H4ClN5/c5-3-1-2-4(8-7-3)9-10-6/h1-2H,(H2,6,8,9). The molecule has 0 spiro atoms. The Morgan fingerprint density at radius 1 is 1.40 bits per heavy atom. The molecule has 1 aromatic rings. The van der Waals surface area contributed by atoms with Gasteiger partial charge in [-0.05, 0) is 12.1 Å². The normalized spacial score (nSPS) is 10.5. The lowest BCUT2D eigenvalue weighted by atomic mass is 10.5. The molecule has 0 bridgehead atoms. The third-order valence-corrected chi connectivity index (χ3v) is 0.980. The van der Waals surface area contributed by atoms with Crippen LogP contribution < -0.4 is 5.84 Å². The highest BCUT2D eigenvalue weighted by molar-refractivity contribution is 6.29. The number of aromatic nitrogens is 2. The number of rotatable bonds is 1. The quantitative estimate of drug-likeness (QED) is 0.377. The molecule has 2 N–H and O–H groups in total. The molecular weight excluding hydrogens is 154 g/mol. The Balaban J connectivity index is 2.89. The fraction of sp³-hybridized carbons (Fsp3) is 0. The van der Waals surface area contributed by atoms with Gasteiger partial charge in [-0.1, -0.05) is 16.8 Å². The molecular formula is C4H4ClN5. The summed E-state index contributed by atoms with van der Waals surface area (Å²) < 4.78 is 0. The van der Waals surface area contributed by atoms with Gasteiger partial charge in [-0.3, -0.25) is 0 Å². The maximum atomic E-state index is 5.43. The van der Waals surface area contributed by atoms with Gasteiger partial charge in [0, 0.05) is 0 Å². The van der Waals surface area contributed by atoms with Crippen molar-refractivity contribution >= 4 is 17.4 Å². The van der Waals surface area contributed by atoms with Gasteiger partial charge < -0.3 is 5.84 Å². The van der Waals surface area contributed by atoms with Crippen molar-refractivity contribution in [2.75, 3.05) is 0 Å². The molecule has 10 heavy (non-hydrogen) atoms. The SMILES string of the molecule is NN=Nc1ccc(Cl)nn1. The Hall–Kier alpha value is -1.23. The van der Waals surface area contributed by atoms with E-state index in [2.05, 4.69) is 20.5 Å². The van der Waals surface area contributed by atoms with Crippen molar-refractivity contribution < 1.29 is 0 Å². The predicted octanol–water partition coefficient (Wildman–Crippen LogP) is 1.09. The Kier molecular flexibility index (Phi) is 2.11. The third-order valence-electron chi connectivity index (χ3n) is 0.778. The zero-order valence-electron chi connectivity index (χ0n) is 4.90. The molecule has 1 heterocycles. The van der Waals surface area contributed by atoms with Crippen LogP contribution in [0.2, 0.25) is 5.15 Å². The largest absolute Gasteiger partial charge is 0.305 e. The highest BCUT2D eigenvalue weighted by atomic mass is 35.5. The van der Waals surface area contributed by atoms with E-state index in [-0.39, 0.29) is 0 Å². The summed E-state index contributed by atoms with van der Waals surface area (Å²) in [6.07, 6.45) is 0. The van der Waals surface area contributed by atoms with Crippen LogP contribution in [0.5, 0.6) is 0 Å².